The van der Waals surface area contributed by atoms with Gasteiger partial charge in [0.05, 0.1) is 24.7 Å². The SMILES string of the molecule is COc1nc2c(c(N3CCCC(S(=O)OCC(C)(C)C)C3)n1)CCNC2. The summed E-state index contributed by atoms with van der Waals surface area (Å²) in [6.45, 7) is 10.0. The minimum Gasteiger partial charge on any atom is -0.467 e. The molecule has 0 amide bonds. The summed E-state index contributed by atoms with van der Waals surface area (Å²) in [4.78, 5) is 11.4. The molecule has 1 aromatic rings. The van der Waals surface area contributed by atoms with Crippen LogP contribution in [-0.4, -0.2) is 52.8 Å². The number of rotatable bonds is 5. The molecule has 2 unspecified atom stereocenters. The van der Waals surface area contributed by atoms with Gasteiger partial charge in [0.1, 0.15) is 5.82 Å². The first-order chi connectivity index (χ1) is 12.4. The van der Waals surface area contributed by atoms with Gasteiger partial charge in [-0.05, 0) is 31.2 Å². The highest BCUT2D eigenvalue weighted by molar-refractivity contribution is 7.80. The van der Waals surface area contributed by atoms with Crippen LogP contribution in [-0.2, 0) is 28.2 Å². The maximum atomic E-state index is 12.6. The Hall–Kier alpha value is -1.25. The average Bonchev–Trinajstić information content (AvgIpc) is 2.64. The molecular formula is C18H30N4O3S. The third-order valence-electron chi connectivity index (χ3n) is 4.64. The Bertz CT molecular complexity index is 663. The van der Waals surface area contributed by atoms with Gasteiger partial charge >= 0.3 is 6.01 Å². The lowest BCUT2D eigenvalue weighted by molar-refractivity contribution is 0.213. The van der Waals surface area contributed by atoms with E-state index < -0.39 is 11.1 Å². The lowest BCUT2D eigenvalue weighted by Gasteiger charge is -2.35. The first-order valence-corrected chi connectivity index (χ1v) is 10.4. The van der Waals surface area contributed by atoms with E-state index in [-0.39, 0.29) is 10.7 Å². The van der Waals surface area contributed by atoms with Gasteiger partial charge in [-0.2, -0.15) is 9.97 Å². The van der Waals surface area contributed by atoms with E-state index >= 15 is 0 Å². The standard InChI is InChI=1S/C18H30N4O3S/c1-18(2,3)12-25-26(23)13-6-5-9-22(11-13)16-14-7-8-19-10-15(14)20-17(21-16)24-4/h13,19H,5-12H2,1-4H3. The van der Waals surface area contributed by atoms with E-state index in [1.54, 1.807) is 7.11 Å². The number of aromatic nitrogens is 2. The van der Waals surface area contributed by atoms with Crippen molar-refractivity contribution in [2.24, 2.45) is 5.41 Å². The molecule has 1 saturated heterocycles. The van der Waals surface area contributed by atoms with Gasteiger partial charge in [-0.1, -0.05) is 20.8 Å². The van der Waals surface area contributed by atoms with E-state index in [4.69, 9.17) is 8.92 Å². The fraction of sp³-hybridized carbons (Fsp3) is 0.778. The molecule has 0 spiro atoms. The average molecular weight is 383 g/mol. The molecule has 0 aromatic carbocycles. The molecule has 7 nitrogen and oxygen atoms in total. The van der Waals surface area contributed by atoms with E-state index in [1.165, 1.54) is 5.56 Å². The summed E-state index contributed by atoms with van der Waals surface area (Å²) in [7, 11) is 1.59. The zero-order chi connectivity index (χ0) is 18.7. The second-order valence-electron chi connectivity index (χ2n) is 8.18. The minimum absolute atomic E-state index is 0.00410. The second kappa shape index (κ2) is 8.19. The van der Waals surface area contributed by atoms with Gasteiger partial charge in [-0.25, -0.2) is 4.21 Å². The van der Waals surface area contributed by atoms with Crippen LogP contribution < -0.4 is 15.0 Å². The van der Waals surface area contributed by atoms with Gasteiger partial charge in [0.2, 0.25) is 0 Å². The number of nitrogens with zero attached hydrogens (tertiary/aromatic N) is 3. The van der Waals surface area contributed by atoms with Gasteiger partial charge in [-0.15, -0.1) is 0 Å². The van der Waals surface area contributed by atoms with E-state index in [0.29, 0.717) is 19.2 Å². The molecule has 1 aromatic heterocycles. The molecule has 2 aliphatic rings. The number of hydrogen-bond acceptors (Lipinski definition) is 7. The topological polar surface area (TPSA) is 76.6 Å². The molecule has 26 heavy (non-hydrogen) atoms. The van der Waals surface area contributed by atoms with E-state index in [1.807, 2.05) is 0 Å². The molecule has 3 rings (SSSR count). The predicted molar refractivity (Wildman–Crippen MR) is 103 cm³/mol. The molecule has 0 bridgehead atoms. The molecule has 8 heteroatoms. The quantitative estimate of drug-likeness (QED) is 0.832. The number of hydrogen-bond donors (Lipinski definition) is 1. The maximum absolute atomic E-state index is 12.6. The van der Waals surface area contributed by atoms with Crippen LogP contribution in [0.25, 0.3) is 0 Å². The highest BCUT2D eigenvalue weighted by Crippen LogP contribution is 2.29. The lowest BCUT2D eigenvalue weighted by atomic mass is 9.99. The lowest BCUT2D eigenvalue weighted by Crippen LogP contribution is -2.42. The number of methoxy groups -OCH3 is 1. The Morgan fingerprint density at radius 1 is 1.35 bits per heavy atom. The number of anilines is 1. The minimum atomic E-state index is -1.28. The molecule has 3 heterocycles. The number of fused-ring (bicyclic) bond motifs is 1. The van der Waals surface area contributed by atoms with Gasteiger partial charge in [-0.3, -0.25) is 4.18 Å². The summed E-state index contributed by atoms with van der Waals surface area (Å²) < 4.78 is 23.6. The fourth-order valence-electron chi connectivity index (χ4n) is 3.29. The van der Waals surface area contributed by atoms with Crippen LogP contribution in [0.4, 0.5) is 5.82 Å². The smallest absolute Gasteiger partial charge is 0.318 e. The van der Waals surface area contributed by atoms with Gasteiger partial charge in [0.25, 0.3) is 0 Å². The summed E-state index contributed by atoms with van der Waals surface area (Å²) >= 11 is -1.28. The van der Waals surface area contributed by atoms with Crippen LogP contribution in [0, 0.1) is 5.41 Å². The molecule has 1 N–H and O–H groups in total. The van der Waals surface area contributed by atoms with E-state index in [2.05, 4.69) is 41.0 Å². The zero-order valence-electron chi connectivity index (χ0n) is 16.2. The molecule has 0 aliphatic carbocycles. The largest absolute Gasteiger partial charge is 0.467 e. The molecule has 2 aliphatic heterocycles. The Labute approximate surface area is 158 Å². The monoisotopic (exact) mass is 382 g/mol. The van der Waals surface area contributed by atoms with Crippen molar-refractivity contribution >= 4 is 16.9 Å². The first-order valence-electron chi connectivity index (χ1n) is 9.30. The third-order valence-corrected chi connectivity index (χ3v) is 5.91. The molecule has 2 atom stereocenters. The Kier molecular flexibility index (Phi) is 6.14. The van der Waals surface area contributed by atoms with Crippen LogP contribution in [0.15, 0.2) is 0 Å². The zero-order valence-corrected chi connectivity index (χ0v) is 17.0. The molecule has 1 fully saturated rings. The molecule has 146 valence electrons. The number of piperidine rings is 1. The second-order valence-corrected chi connectivity index (χ2v) is 9.60. The van der Waals surface area contributed by atoms with Crippen LogP contribution in [0.2, 0.25) is 0 Å². The molecular weight excluding hydrogens is 352 g/mol. The number of nitrogens with one attached hydrogen (secondary N) is 1. The van der Waals surface area contributed by atoms with Gasteiger partial charge < -0.3 is 15.0 Å². The van der Waals surface area contributed by atoms with Crippen molar-refractivity contribution in [1.82, 2.24) is 15.3 Å². The first kappa shape index (κ1) is 19.5. The van der Waals surface area contributed by atoms with Crippen molar-refractivity contribution in [3.8, 4) is 6.01 Å². The Morgan fingerprint density at radius 2 is 2.15 bits per heavy atom. The van der Waals surface area contributed by atoms with Crippen LogP contribution in [0.5, 0.6) is 6.01 Å². The highest BCUT2D eigenvalue weighted by Gasteiger charge is 2.30. The van der Waals surface area contributed by atoms with Crippen molar-refractivity contribution in [2.45, 2.75) is 51.8 Å². The van der Waals surface area contributed by atoms with Gasteiger partial charge in [0.15, 0.2) is 11.1 Å². The Balaban J connectivity index is 1.76. The van der Waals surface area contributed by atoms with Crippen LogP contribution in [0.3, 0.4) is 0 Å². The van der Waals surface area contributed by atoms with Gasteiger partial charge in [0, 0.05) is 25.2 Å². The normalized spacial score (nSPS) is 22.0. The summed E-state index contributed by atoms with van der Waals surface area (Å²) in [6.07, 6.45) is 2.80. The maximum Gasteiger partial charge on any atom is 0.318 e. The molecule has 0 radical (unpaired) electrons. The highest BCUT2D eigenvalue weighted by atomic mass is 32.2. The van der Waals surface area contributed by atoms with Crippen LogP contribution in [0.1, 0.15) is 44.9 Å². The summed E-state index contributed by atoms with van der Waals surface area (Å²) in [5.41, 5.74) is 2.20. The van der Waals surface area contributed by atoms with Crippen molar-refractivity contribution in [3.05, 3.63) is 11.3 Å². The van der Waals surface area contributed by atoms with Crippen molar-refractivity contribution in [3.63, 3.8) is 0 Å². The Morgan fingerprint density at radius 3 is 2.88 bits per heavy atom. The predicted octanol–water partition coefficient (Wildman–Crippen LogP) is 1.83. The van der Waals surface area contributed by atoms with E-state index in [0.717, 1.165) is 50.4 Å². The van der Waals surface area contributed by atoms with Crippen LogP contribution >= 0.6 is 0 Å². The summed E-state index contributed by atoms with van der Waals surface area (Å²) in [5.74, 6) is 0.936. The summed E-state index contributed by atoms with van der Waals surface area (Å²) in [6, 6.07) is 0.398. The summed E-state index contributed by atoms with van der Waals surface area (Å²) in [5, 5.41) is 3.35. The number of ether oxygens (including phenoxy) is 1. The van der Waals surface area contributed by atoms with E-state index in [9.17, 15) is 4.21 Å². The molecule has 0 saturated carbocycles. The van der Waals surface area contributed by atoms with Crippen molar-refractivity contribution in [2.75, 3.05) is 38.3 Å². The fourth-order valence-corrected chi connectivity index (χ4v) is 4.61. The van der Waals surface area contributed by atoms with Crippen molar-refractivity contribution in [1.29, 1.82) is 0 Å². The third kappa shape index (κ3) is 4.72. The van der Waals surface area contributed by atoms with Crippen molar-refractivity contribution < 1.29 is 13.1 Å².